The first-order valence-electron chi connectivity index (χ1n) is 8.89. The Kier molecular flexibility index (Phi) is 4.82. The molecule has 9 heteroatoms. The molecule has 8 nitrogen and oxygen atoms in total. The normalized spacial score (nSPS) is 11.1. The third kappa shape index (κ3) is 3.48. The lowest BCUT2D eigenvalue weighted by Crippen LogP contribution is -2.26. The van der Waals surface area contributed by atoms with Crippen molar-refractivity contribution >= 4 is 23.0 Å². The quantitative estimate of drug-likeness (QED) is 0.560. The molecule has 0 spiro atoms. The Balaban J connectivity index is 1.44. The molecule has 1 N–H and O–H groups in total. The molecule has 0 bridgehead atoms. The van der Waals surface area contributed by atoms with E-state index in [9.17, 15) is 4.79 Å². The highest BCUT2D eigenvalue weighted by Crippen LogP contribution is 2.22. The smallest absolute Gasteiger partial charge is 0.282 e. The van der Waals surface area contributed by atoms with Gasteiger partial charge in [0.1, 0.15) is 10.8 Å². The molecule has 4 aromatic rings. The van der Waals surface area contributed by atoms with Crippen molar-refractivity contribution in [3.05, 3.63) is 58.1 Å². The number of hydrogen-bond acceptors (Lipinski definition) is 7. The van der Waals surface area contributed by atoms with Gasteiger partial charge >= 0.3 is 0 Å². The zero-order chi connectivity index (χ0) is 19.7. The van der Waals surface area contributed by atoms with Gasteiger partial charge < -0.3 is 5.32 Å². The summed E-state index contributed by atoms with van der Waals surface area (Å²) in [6.07, 6.45) is 0.648. The van der Waals surface area contributed by atoms with Crippen LogP contribution in [0, 0.1) is 20.8 Å². The summed E-state index contributed by atoms with van der Waals surface area (Å²) in [6.45, 7) is 6.26. The number of aromatic nitrogens is 6. The lowest BCUT2D eigenvalue weighted by molar-refractivity contribution is 0.0953. The van der Waals surface area contributed by atoms with Crippen molar-refractivity contribution in [1.29, 1.82) is 0 Å². The molecule has 0 atom stereocenters. The minimum atomic E-state index is -0.222. The number of benzene rings is 1. The molecule has 1 aromatic carbocycles. The van der Waals surface area contributed by atoms with E-state index < -0.39 is 0 Å². The predicted octanol–water partition coefficient (Wildman–Crippen LogP) is 2.54. The molecular weight excluding hydrogens is 374 g/mol. The largest absolute Gasteiger partial charge is 0.350 e. The summed E-state index contributed by atoms with van der Waals surface area (Å²) in [5, 5.41) is 16.5. The maximum Gasteiger partial charge on any atom is 0.282 e. The van der Waals surface area contributed by atoms with Crippen LogP contribution in [0.1, 0.15) is 32.6 Å². The van der Waals surface area contributed by atoms with Crippen molar-refractivity contribution < 1.29 is 4.79 Å². The maximum atomic E-state index is 12.4. The van der Waals surface area contributed by atoms with Crippen LogP contribution >= 0.6 is 11.3 Å². The number of nitrogens with zero attached hydrogens (tertiary/aromatic N) is 6. The Morgan fingerprint density at radius 1 is 1.11 bits per heavy atom. The highest BCUT2D eigenvalue weighted by molar-refractivity contribution is 7.16. The van der Waals surface area contributed by atoms with Crippen LogP contribution in [0.25, 0.3) is 16.3 Å². The summed E-state index contributed by atoms with van der Waals surface area (Å²) >= 11 is 1.28. The van der Waals surface area contributed by atoms with E-state index in [0.717, 1.165) is 27.5 Å². The van der Waals surface area contributed by atoms with Crippen LogP contribution in [-0.2, 0) is 6.42 Å². The summed E-state index contributed by atoms with van der Waals surface area (Å²) in [5.74, 6) is 1.06. The van der Waals surface area contributed by atoms with E-state index in [1.54, 1.807) is 4.52 Å². The summed E-state index contributed by atoms with van der Waals surface area (Å²) < 4.78 is 1.75. The fourth-order valence-electron chi connectivity index (χ4n) is 3.06. The third-order valence-electron chi connectivity index (χ3n) is 4.46. The van der Waals surface area contributed by atoms with E-state index in [1.807, 2.05) is 51.1 Å². The molecule has 3 aromatic heterocycles. The fourth-order valence-corrected chi connectivity index (χ4v) is 3.82. The molecule has 0 aliphatic heterocycles. The molecule has 1 amide bonds. The van der Waals surface area contributed by atoms with E-state index in [-0.39, 0.29) is 5.91 Å². The first kappa shape index (κ1) is 18.2. The SMILES string of the molecule is Cc1nc2nc(C)c(CCNC(=O)c3nnc(-c4ccccc4)s3)c(C)n2n1. The number of nitrogens with one attached hydrogen (secondary N) is 1. The van der Waals surface area contributed by atoms with Crippen LogP contribution in [0.5, 0.6) is 0 Å². The van der Waals surface area contributed by atoms with Crippen LogP contribution in [0.15, 0.2) is 30.3 Å². The molecular formula is C19H19N7OS. The van der Waals surface area contributed by atoms with Gasteiger partial charge in [-0.15, -0.1) is 10.2 Å². The number of amides is 1. The molecule has 0 aliphatic carbocycles. The number of hydrogen-bond donors (Lipinski definition) is 1. The number of fused-ring (bicyclic) bond motifs is 1. The molecule has 0 unspecified atom stereocenters. The van der Waals surface area contributed by atoms with Gasteiger partial charge in [-0.25, -0.2) is 9.50 Å². The lowest BCUT2D eigenvalue weighted by atomic mass is 10.1. The van der Waals surface area contributed by atoms with E-state index >= 15 is 0 Å². The third-order valence-corrected chi connectivity index (χ3v) is 5.43. The zero-order valence-corrected chi connectivity index (χ0v) is 16.6. The van der Waals surface area contributed by atoms with Crippen molar-refractivity contribution in [3.8, 4) is 10.6 Å². The standard InChI is InChI=1S/C19H19N7OS/c1-11-15(12(2)26-19(21-11)22-13(3)25-26)9-10-20-16(27)18-24-23-17(28-18)14-7-5-4-6-8-14/h4-8H,9-10H2,1-3H3,(H,20,27). The number of rotatable bonds is 5. The average molecular weight is 393 g/mol. The van der Waals surface area contributed by atoms with Crippen molar-refractivity contribution in [2.24, 2.45) is 0 Å². The molecule has 0 saturated carbocycles. The van der Waals surface area contributed by atoms with Gasteiger partial charge in [0.15, 0.2) is 0 Å². The molecule has 142 valence electrons. The topological polar surface area (TPSA) is 98.0 Å². The van der Waals surface area contributed by atoms with Crippen molar-refractivity contribution in [1.82, 2.24) is 35.1 Å². The van der Waals surface area contributed by atoms with Gasteiger partial charge in [-0.2, -0.15) is 10.1 Å². The zero-order valence-electron chi connectivity index (χ0n) is 15.8. The van der Waals surface area contributed by atoms with Crippen molar-refractivity contribution in [3.63, 3.8) is 0 Å². The minimum Gasteiger partial charge on any atom is -0.350 e. The number of carbonyl (C=O) groups excluding carboxylic acids is 1. The first-order chi connectivity index (χ1) is 13.5. The van der Waals surface area contributed by atoms with Crippen molar-refractivity contribution in [2.45, 2.75) is 27.2 Å². The van der Waals surface area contributed by atoms with Gasteiger partial charge in [0.05, 0.1) is 0 Å². The Labute approximate surface area is 165 Å². The van der Waals surface area contributed by atoms with Gasteiger partial charge in [-0.05, 0) is 32.8 Å². The highest BCUT2D eigenvalue weighted by Gasteiger charge is 2.15. The highest BCUT2D eigenvalue weighted by atomic mass is 32.1. The second-order valence-electron chi connectivity index (χ2n) is 6.42. The van der Waals surface area contributed by atoms with E-state index in [1.165, 1.54) is 11.3 Å². The van der Waals surface area contributed by atoms with Crippen molar-refractivity contribution in [2.75, 3.05) is 6.54 Å². The fraction of sp³-hybridized carbons (Fsp3) is 0.263. The molecule has 0 aliphatic rings. The first-order valence-corrected chi connectivity index (χ1v) is 9.71. The molecule has 0 radical (unpaired) electrons. The Hall–Kier alpha value is -3.20. The van der Waals surface area contributed by atoms with Gasteiger partial charge in [0.25, 0.3) is 11.7 Å². The molecule has 0 saturated heterocycles. The maximum absolute atomic E-state index is 12.4. The van der Waals surface area contributed by atoms with E-state index in [4.69, 9.17) is 0 Å². The van der Waals surface area contributed by atoms with Gasteiger partial charge in [0.2, 0.25) is 5.01 Å². The summed E-state index contributed by atoms with van der Waals surface area (Å²) in [4.78, 5) is 21.2. The van der Waals surface area contributed by atoms with Crippen LogP contribution in [0.2, 0.25) is 0 Å². The van der Waals surface area contributed by atoms with Crippen LogP contribution in [0.3, 0.4) is 0 Å². The Morgan fingerprint density at radius 3 is 2.68 bits per heavy atom. The summed E-state index contributed by atoms with van der Waals surface area (Å²) in [7, 11) is 0. The van der Waals surface area contributed by atoms with E-state index in [0.29, 0.717) is 29.6 Å². The predicted molar refractivity (Wildman–Crippen MR) is 106 cm³/mol. The second kappa shape index (κ2) is 7.43. The Morgan fingerprint density at radius 2 is 1.89 bits per heavy atom. The minimum absolute atomic E-state index is 0.222. The van der Waals surface area contributed by atoms with Gasteiger partial charge in [0, 0.05) is 23.5 Å². The molecule has 3 heterocycles. The monoisotopic (exact) mass is 393 g/mol. The lowest BCUT2D eigenvalue weighted by Gasteiger charge is -2.10. The number of carbonyl (C=O) groups is 1. The second-order valence-corrected chi connectivity index (χ2v) is 7.39. The van der Waals surface area contributed by atoms with Crippen LogP contribution in [-0.4, -0.2) is 42.2 Å². The van der Waals surface area contributed by atoms with Crippen LogP contribution in [0.4, 0.5) is 0 Å². The van der Waals surface area contributed by atoms with E-state index in [2.05, 4.69) is 30.6 Å². The molecule has 4 rings (SSSR count). The summed E-state index contributed by atoms with van der Waals surface area (Å²) in [6, 6.07) is 9.70. The molecule has 0 fully saturated rings. The Bertz CT molecular complexity index is 1150. The van der Waals surface area contributed by atoms with Gasteiger partial charge in [-0.1, -0.05) is 41.7 Å². The average Bonchev–Trinajstić information content (AvgIpc) is 3.32. The van der Waals surface area contributed by atoms with Crippen LogP contribution < -0.4 is 5.32 Å². The number of aryl methyl sites for hydroxylation is 3. The van der Waals surface area contributed by atoms with Gasteiger partial charge in [-0.3, -0.25) is 4.79 Å². The summed E-state index contributed by atoms with van der Waals surface area (Å²) in [5.41, 5.74) is 3.89. The molecule has 28 heavy (non-hydrogen) atoms.